The Kier molecular flexibility index (Phi) is 15.0. The Morgan fingerprint density at radius 1 is 0.949 bits per heavy atom. The van der Waals surface area contributed by atoms with E-state index in [2.05, 4.69) is 27.1 Å². The predicted molar refractivity (Wildman–Crippen MR) is 155 cm³/mol. The summed E-state index contributed by atoms with van der Waals surface area (Å²) < 4.78 is 27.6. The van der Waals surface area contributed by atoms with E-state index in [1.54, 1.807) is 12.1 Å². The molecule has 0 amide bonds. The lowest BCUT2D eigenvalue weighted by molar-refractivity contribution is -0.0987. The molecule has 2 aromatic carbocycles. The van der Waals surface area contributed by atoms with E-state index in [0.29, 0.717) is 17.3 Å². The minimum Gasteiger partial charge on any atom is -0.322 e. The number of hydrogen-bond donors (Lipinski definition) is 2. The van der Waals surface area contributed by atoms with E-state index in [-0.39, 0.29) is 5.56 Å². The highest BCUT2D eigenvalue weighted by atomic mass is 19.3. The van der Waals surface area contributed by atoms with Gasteiger partial charge in [0.15, 0.2) is 0 Å². The van der Waals surface area contributed by atoms with Gasteiger partial charge in [-0.3, -0.25) is 4.79 Å². The molecule has 0 saturated carbocycles. The highest BCUT2D eigenvalue weighted by Crippen LogP contribution is 2.32. The predicted octanol–water partition coefficient (Wildman–Crippen LogP) is 4.01. The van der Waals surface area contributed by atoms with Gasteiger partial charge in [-0.25, -0.2) is 8.78 Å². The summed E-state index contributed by atoms with van der Waals surface area (Å²) in [6.45, 7) is 14.2. The number of pyridine rings is 1. The van der Waals surface area contributed by atoms with Gasteiger partial charge in [-0.15, -0.1) is 0 Å². The molecule has 0 atom stereocenters. The Morgan fingerprint density at radius 3 is 2.10 bits per heavy atom. The number of hydrogen-bond acceptors (Lipinski definition) is 6. The van der Waals surface area contributed by atoms with Crippen LogP contribution in [0.25, 0.3) is 10.9 Å². The quantitative estimate of drug-likeness (QED) is 0.437. The van der Waals surface area contributed by atoms with Crippen LogP contribution in [0.15, 0.2) is 53.3 Å². The van der Waals surface area contributed by atoms with Crippen molar-refractivity contribution in [3.8, 4) is 0 Å². The summed E-state index contributed by atoms with van der Waals surface area (Å²) in [5, 5.41) is 3.57. The highest BCUT2D eigenvalue weighted by molar-refractivity contribution is 5.83. The monoisotopic (exact) mass is 544 g/mol. The van der Waals surface area contributed by atoms with E-state index < -0.39 is 11.5 Å². The molecule has 1 aliphatic rings. The van der Waals surface area contributed by atoms with Crippen LogP contribution in [-0.4, -0.2) is 81.7 Å². The van der Waals surface area contributed by atoms with Crippen LogP contribution in [-0.2, 0) is 21.9 Å². The molecule has 2 heterocycles. The molecule has 39 heavy (non-hydrogen) atoms. The van der Waals surface area contributed by atoms with Crippen LogP contribution >= 0.6 is 0 Å². The number of likely N-dealkylation sites (N-methyl/N-ethyl adjacent to an activating group) is 1. The molecule has 0 radical (unpaired) electrons. The topological polar surface area (TPSA) is 85.5 Å². The lowest BCUT2D eigenvalue weighted by atomic mass is 9.98. The van der Waals surface area contributed by atoms with Gasteiger partial charge < -0.3 is 29.7 Å². The number of carbonyl (C=O) groups is 2. The third kappa shape index (κ3) is 11.6. The molecule has 2 N–H and O–H groups in total. The first-order valence-corrected chi connectivity index (χ1v) is 12.9. The van der Waals surface area contributed by atoms with Gasteiger partial charge in [0.1, 0.15) is 13.6 Å². The molecule has 7 nitrogen and oxygen atoms in total. The van der Waals surface area contributed by atoms with Gasteiger partial charge in [0.05, 0.1) is 0 Å². The molecule has 1 aromatic heterocycles. The average Bonchev–Trinajstić information content (AvgIpc) is 2.93. The molecular weight excluding hydrogens is 502 g/mol. The molecule has 1 aliphatic heterocycles. The van der Waals surface area contributed by atoms with Crippen LogP contribution < -0.4 is 10.9 Å². The summed E-state index contributed by atoms with van der Waals surface area (Å²) in [6.07, 6.45) is 1.93. The van der Waals surface area contributed by atoms with Crippen LogP contribution in [0.4, 0.5) is 8.78 Å². The first-order chi connectivity index (χ1) is 18.7. The number of rotatable bonds is 7. The van der Waals surface area contributed by atoms with Crippen molar-refractivity contribution in [1.82, 2.24) is 20.1 Å². The first-order valence-electron chi connectivity index (χ1n) is 12.9. The molecule has 1 fully saturated rings. The van der Waals surface area contributed by atoms with Crippen LogP contribution in [0.1, 0.15) is 35.6 Å². The molecule has 0 bridgehead atoms. The normalized spacial score (nSPS) is 13.8. The van der Waals surface area contributed by atoms with E-state index >= 15 is 0 Å². The van der Waals surface area contributed by atoms with Crippen LogP contribution in [0.2, 0.25) is 0 Å². The van der Waals surface area contributed by atoms with Crippen molar-refractivity contribution in [2.24, 2.45) is 0 Å². The minimum atomic E-state index is -3.06. The minimum absolute atomic E-state index is 0.234. The summed E-state index contributed by atoms with van der Waals surface area (Å²) in [5.74, 6) is -3.06. The Bertz CT molecular complexity index is 1170. The van der Waals surface area contributed by atoms with E-state index in [9.17, 15) is 13.6 Å². The summed E-state index contributed by atoms with van der Waals surface area (Å²) >= 11 is 0. The van der Waals surface area contributed by atoms with Gasteiger partial charge in [-0.2, -0.15) is 0 Å². The fourth-order valence-corrected chi connectivity index (χ4v) is 4.27. The van der Waals surface area contributed by atoms with Gasteiger partial charge in [-0.1, -0.05) is 35.9 Å². The van der Waals surface area contributed by atoms with E-state index in [4.69, 9.17) is 9.59 Å². The molecule has 0 spiro atoms. The summed E-state index contributed by atoms with van der Waals surface area (Å²) in [5.41, 5.74) is 2.91. The van der Waals surface area contributed by atoms with Gasteiger partial charge in [0.25, 0.3) is 5.92 Å². The second kappa shape index (κ2) is 17.3. The zero-order valence-corrected chi connectivity index (χ0v) is 23.6. The molecule has 0 unspecified atom stereocenters. The number of aryl methyl sites for hydroxylation is 1. The molecule has 4 rings (SSSR count). The number of nitrogens with zero attached hydrogens (tertiary/aromatic N) is 2. The summed E-state index contributed by atoms with van der Waals surface area (Å²) in [4.78, 5) is 35.1. The number of piperazine rings is 1. The number of alkyl halides is 2. The third-order valence-electron chi connectivity index (χ3n) is 6.41. The number of carbonyl (C=O) groups excluding carboxylic acids is 2. The Labute approximate surface area is 230 Å². The zero-order valence-electron chi connectivity index (χ0n) is 23.6. The average molecular weight is 545 g/mol. The molecule has 3 aromatic rings. The summed E-state index contributed by atoms with van der Waals surface area (Å²) in [6, 6.07) is 14.4. The molecule has 214 valence electrons. The zero-order chi connectivity index (χ0) is 29.4. The number of aromatic nitrogens is 1. The Balaban J connectivity index is 0.000000402. The highest BCUT2D eigenvalue weighted by Gasteiger charge is 2.27. The van der Waals surface area contributed by atoms with Crippen LogP contribution in [0, 0.1) is 6.92 Å². The number of fused-ring (bicyclic) bond motifs is 1. The second-order valence-corrected chi connectivity index (χ2v) is 9.58. The van der Waals surface area contributed by atoms with Crippen LogP contribution in [0.3, 0.4) is 0 Å². The van der Waals surface area contributed by atoms with Gasteiger partial charge >= 0.3 is 0 Å². The number of H-pyrrole nitrogens is 1. The number of nitrogens with one attached hydrogen (secondary N) is 2. The lowest BCUT2D eigenvalue weighted by Gasteiger charge is -2.32. The van der Waals surface area contributed by atoms with Gasteiger partial charge in [-0.05, 0) is 70.2 Å². The molecular formula is C30H42F2N4O3. The largest absolute Gasteiger partial charge is 0.322 e. The molecule has 1 saturated heterocycles. The fraction of sp³-hybridized carbons (Fsp3) is 0.433. The number of halogens is 2. The second-order valence-electron chi connectivity index (χ2n) is 9.58. The molecule has 9 heteroatoms. The van der Waals surface area contributed by atoms with Crippen molar-refractivity contribution in [3.63, 3.8) is 0 Å². The van der Waals surface area contributed by atoms with Crippen LogP contribution in [0.5, 0.6) is 0 Å². The van der Waals surface area contributed by atoms with Crippen molar-refractivity contribution >= 4 is 24.5 Å². The van der Waals surface area contributed by atoms with Crippen molar-refractivity contribution in [2.75, 3.05) is 53.4 Å². The maximum atomic E-state index is 13.8. The standard InChI is InChI=1S/C19H17F2NO.C9H21N3.2CH2O/c1-12-3-5-13(6-4-12)9-14-7-8-17-15(10-14)16(19(2,20)21)11-18(23)22-17;1-10-4-3-5-12-8-6-11(2)7-9-12;2*1-2/h3-8,10-11H,9H2,1-2H3,(H,22,23);10H,3-9H2,1-2H3;2*1H2. The summed E-state index contributed by atoms with van der Waals surface area (Å²) in [7, 11) is 4.22. The molecule has 0 aliphatic carbocycles. The van der Waals surface area contributed by atoms with Crippen molar-refractivity contribution in [3.05, 3.63) is 81.1 Å². The van der Waals surface area contributed by atoms with Crippen molar-refractivity contribution in [1.29, 1.82) is 0 Å². The maximum absolute atomic E-state index is 13.8. The first kappa shape index (κ1) is 33.8. The Hall–Kier alpha value is -3.27. The lowest BCUT2D eigenvalue weighted by Crippen LogP contribution is -2.45. The van der Waals surface area contributed by atoms with Crippen molar-refractivity contribution < 1.29 is 18.4 Å². The number of benzene rings is 2. The number of aromatic amines is 1. The Morgan fingerprint density at radius 2 is 1.54 bits per heavy atom. The van der Waals surface area contributed by atoms with E-state index in [1.165, 1.54) is 44.7 Å². The third-order valence-corrected chi connectivity index (χ3v) is 6.41. The van der Waals surface area contributed by atoms with E-state index in [0.717, 1.165) is 30.7 Å². The maximum Gasteiger partial charge on any atom is 0.271 e. The van der Waals surface area contributed by atoms with Crippen molar-refractivity contribution in [2.45, 2.75) is 32.6 Å². The fourth-order valence-electron chi connectivity index (χ4n) is 4.27. The van der Waals surface area contributed by atoms with E-state index in [1.807, 2.05) is 57.9 Å². The SMILES string of the molecule is C=O.C=O.CNCCCN1CCN(C)CC1.Cc1ccc(Cc2ccc3[nH]c(=O)cc(C(C)(F)F)c3c2)cc1. The van der Waals surface area contributed by atoms with Gasteiger partial charge in [0.2, 0.25) is 5.56 Å². The van der Waals surface area contributed by atoms with Gasteiger partial charge in [0, 0.05) is 55.6 Å². The smallest absolute Gasteiger partial charge is 0.271 e.